The van der Waals surface area contributed by atoms with E-state index < -0.39 is 0 Å². The average molecular weight is 195 g/mol. The van der Waals surface area contributed by atoms with Gasteiger partial charge in [-0.05, 0) is 25.7 Å². The summed E-state index contributed by atoms with van der Waals surface area (Å²) in [4.78, 5) is 0. The van der Waals surface area contributed by atoms with Crippen molar-refractivity contribution in [1.29, 1.82) is 0 Å². The van der Waals surface area contributed by atoms with Crippen LogP contribution in [0.4, 0.5) is 0 Å². The second-order valence-corrected chi connectivity index (χ2v) is 4.20. The summed E-state index contributed by atoms with van der Waals surface area (Å²) in [6.07, 6.45) is 6.33. The highest BCUT2D eigenvalue weighted by molar-refractivity contribution is 5.24. The van der Waals surface area contributed by atoms with E-state index in [1.165, 1.54) is 0 Å². The van der Waals surface area contributed by atoms with Gasteiger partial charge in [-0.2, -0.15) is 0 Å². The molecule has 0 aromatic carbocycles. The topological polar surface area (TPSA) is 53.1 Å². The van der Waals surface area contributed by atoms with Gasteiger partial charge in [0.2, 0.25) is 5.88 Å². The van der Waals surface area contributed by atoms with Gasteiger partial charge < -0.3 is 10.5 Å². The lowest BCUT2D eigenvalue weighted by atomic mass is 10.1. The maximum absolute atomic E-state index is 6.02. The van der Waals surface area contributed by atoms with Crippen LogP contribution in [0.15, 0.2) is 6.20 Å². The Labute approximate surface area is 84.0 Å². The van der Waals surface area contributed by atoms with Crippen LogP contribution in [-0.2, 0) is 13.5 Å². The molecule has 1 aromatic heterocycles. The first-order chi connectivity index (χ1) is 6.63. The molecule has 1 aromatic rings. The van der Waals surface area contributed by atoms with Crippen LogP contribution in [0.5, 0.6) is 5.88 Å². The van der Waals surface area contributed by atoms with Crippen molar-refractivity contribution in [3.8, 4) is 5.88 Å². The average Bonchev–Trinajstić information content (AvgIpc) is 2.76. The van der Waals surface area contributed by atoms with Crippen LogP contribution in [0.25, 0.3) is 0 Å². The zero-order valence-corrected chi connectivity index (χ0v) is 8.79. The summed E-state index contributed by atoms with van der Waals surface area (Å²) in [5.41, 5.74) is 7.30. The normalized spacial score (nSPS) is 18.2. The van der Waals surface area contributed by atoms with Crippen molar-refractivity contribution in [3.05, 3.63) is 11.8 Å². The van der Waals surface area contributed by atoms with Crippen molar-refractivity contribution >= 4 is 0 Å². The highest BCUT2D eigenvalue weighted by Crippen LogP contribution is 2.37. The second-order valence-electron chi connectivity index (χ2n) is 4.20. The first-order valence-electron chi connectivity index (χ1n) is 4.98. The lowest BCUT2D eigenvalue weighted by Crippen LogP contribution is -2.22. The minimum absolute atomic E-state index is 0.112. The summed E-state index contributed by atoms with van der Waals surface area (Å²) >= 11 is 0. The molecule has 1 aliphatic rings. The number of hydrogen-bond donors (Lipinski definition) is 1. The maximum atomic E-state index is 6.02. The quantitative estimate of drug-likeness (QED) is 0.775. The van der Waals surface area contributed by atoms with Crippen molar-refractivity contribution in [2.45, 2.75) is 31.2 Å². The highest BCUT2D eigenvalue weighted by atomic mass is 16.5. The van der Waals surface area contributed by atoms with Crippen LogP contribution in [0.3, 0.4) is 0 Å². The lowest BCUT2D eigenvalue weighted by Gasteiger charge is -2.06. The predicted octanol–water partition coefficient (Wildman–Crippen LogP) is 0.853. The van der Waals surface area contributed by atoms with E-state index in [0.717, 1.165) is 37.1 Å². The van der Waals surface area contributed by atoms with E-state index in [0.29, 0.717) is 0 Å². The third kappa shape index (κ3) is 1.90. The van der Waals surface area contributed by atoms with Gasteiger partial charge in [-0.1, -0.05) is 0 Å². The second kappa shape index (κ2) is 3.28. The minimum Gasteiger partial charge on any atom is -0.480 e. The Kier molecular flexibility index (Phi) is 2.23. The van der Waals surface area contributed by atoms with Crippen LogP contribution in [0.1, 0.15) is 24.8 Å². The lowest BCUT2D eigenvalue weighted by molar-refractivity contribution is 0.386. The molecule has 2 rings (SSSR count). The fourth-order valence-electron chi connectivity index (χ4n) is 1.65. The van der Waals surface area contributed by atoms with Gasteiger partial charge in [-0.3, -0.25) is 4.68 Å². The monoisotopic (exact) mass is 195 g/mol. The SMILES string of the molecule is COc1nn(C)cc1CCC1(N)CC1. The molecule has 78 valence electrons. The number of aromatic nitrogens is 2. The molecular weight excluding hydrogens is 178 g/mol. The van der Waals surface area contributed by atoms with E-state index in [2.05, 4.69) is 5.10 Å². The number of ether oxygens (including phenoxy) is 1. The molecule has 0 spiro atoms. The number of nitrogens with two attached hydrogens (primary N) is 1. The zero-order valence-electron chi connectivity index (χ0n) is 8.79. The third-order valence-corrected chi connectivity index (χ3v) is 2.84. The highest BCUT2D eigenvalue weighted by Gasteiger charge is 2.37. The van der Waals surface area contributed by atoms with E-state index in [9.17, 15) is 0 Å². The van der Waals surface area contributed by atoms with Gasteiger partial charge in [0.25, 0.3) is 0 Å². The van der Waals surface area contributed by atoms with Gasteiger partial charge in [0.15, 0.2) is 0 Å². The molecule has 2 N–H and O–H groups in total. The number of aryl methyl sites for hydroxylation is 2. The Bertz CT molecular complexity index is 328. The molecule has 0 unspecified atom stereocenters. The van der Waals surface area contributed by atoms with Crippen LogP contribution in [0, 0.1) is 0 Å². The molecule has 4 nitrogen and oxygen atoms in total. The minimum atomic E-state index is 0.112. The molecule has 1 aliphatic carbocycles. The smallest absolute Gasteiger partial charge is 0.235 e. The van der Waals surface area contributed by atoms with Crippen molar-refractivity contribution in [2.24, 2.45) is 12.8 Å². The number of methoxy groups -OCH3 is 1. The molecular formula is C10H17N3O. The largest absolute Gasteiger partial charge is 0.480 e. The molecule has 0 saturated heterocycles. The van der Waals surface area contributed by atoms with E-state index >= 15 is 0 Å². The molecule has 14 heavy (non-hydrogen) atoms. The Morgan fingerprint density at radius 2 is 2.36 bits per heavy atom. The number of hydrogen-bond acceptors (Lipinski definition) is 3. The predicted molar refractivity (Wildman–Crippen MR) is 54.2 cm³/mol. The zero-order chi connectivity index (χ0) is 10.2. The van der Waals surface area contributed by atoms with Crippen LogP contribution in [0.2, 0.25) is 0 Å². The number of rotatable bonds is 4. The fourth-order valence-corrected chi connectivity index (χ4v) is 1.65. The molecule has 0 atom stereocenters. The van der Waals surface area contributed by atoms with Crippen molar-refractivity contribution in [1.82, 2.24) is 9.78 Å². The molecule has 0 amide bonds. The standard InChI is InChI=1S/C10H17N3O/c1-13-7-8(9(12-13)14-2)3-4-10(11)5-6-10/h7H,3-6,11H2,1-2H3. The van der Waals surface area contributed by atoms with Crippen molar-refractivity contribution in [2.75, 3.05) is 7.11 Å². The summed E-state index contributed by atoms with van der Waals surface area (Å²) in [6.45, 7) is 0. The number of nitrogens with zero attached hydrogens (tertiary/aromatic N) is 2. The Morgan fingerprint density at radius 1 is 1.64 bits per heavy atom. The third-order valence-electron chi connectivity index (χ3n) is 2.84. The summed E-state index contributed by atoms with van der Waals surface area (Å²) in [5, 5.41) is 4.20. The Balaban J connectivity index is 2.00. The summed E-state index contributed by atoms with van der Waals surface area (Å²) in [5.74, 6) is 0.733. The van der Waals surface area contributed by atoms with Gasteiger partial charge in [-0.25, -0.2) is 0 Å². The summed E-state index contributed by atoms with van der Waals surface area (Å²) in [6, 6.07) is 0. The molecule has 0 bridgehead atoms. The van der Waals surface area contributed by atoms with Crippen molar-refractivity contribution in [3.63, 3.8) is 0 Å². The van der Waals surface area contributed by atoms with Crippen LogP contribution >= 0.6 is 0 Å². The van der Waals surface area contributed by atoms with Gasteiger partial charge in [0.05, 0.1) is 7.11 Å². The van der Waals surface area contributed by atoms with Gasteiger partial charge in [0, 0.05) is 24.3 Å². The van der Waals surface area contributed by atoms with E-state index in [4.69, 9.17) is 10.5 Å². The van der Waals surface area contributed by atoms with Gasteiger partial charge >= 0.3 is 0 Å². The Morgan fingerprint density at radius 3 is 2.93 bits per heavy atom. The van der Waals surface area contributed by atoms with E-state index in [-0.39, 0.29) is 5.54 Å². The Hall–Kier alpha value is -1.03. The summed E-state index contributed by atoms with van der Waals surface area (Å²) < 4.78 is 6.96. The van der Waals surface area contributed by atoms with Gasteiger partial charge in [-0.15, -0.1) is 5.10 Å². The van der Waals surface area contributed by atoms with Crippen LogP contribution < -0.4 is 10.5 Å². The maximum Gasteiger partial charge on any atom is 0.235 e. The summed E-state index contributed by atoms with van der Waals surface area (Å²) in [7, 11) is 3.56. The molecule has 4 heteroatoms. The fraction of sp³-hybridized carbons (Fsp3) is 0.700. The molecule has 0 radical (unpaired) electrons. The molecule has 1 fully saturated rings. The molecule has 1 heterocycles. The molecule has 0 aliphatic heterocycles. The van der Waals surface area contributed by atoms with E-state index in [1.807, 2.05) is 13.2 Å². The first-order valence-corrected chi connectivity index (χ1v) is 4.98. The van der Waals surface area contributed by atoms with Crippen LogP contribution in [-0.4, -0.2) is 22.4 Å². The van der Waals surface area contributed by atoms with E-state index in [1.54, 1.807) is 11.8 Å². The first kappa shape index (κ1) is 9.52. The molecule has 1 saturated carbocycles. The van der Waals surface area contributed by atoms with Crippen molar-refractivity contribution < 1.29 is 4.74 Å². The van der Waals surface area contributed by atoms with Gasteiger partial charge in [0.1, 0.15) is 0 Å².